The summed E-state index contributed by atoms with van der Waals surface area (Å²) < 4.78 is 12.8. The Balaban J connectivity index is 1.95. The van der Waals surface area contributed by atoms with Crippen LogP contribution in [0.3, 0.4) is 0 Å². The lowest BCUT2D eigenvalue weighted by atomic mass is 10.2. The molecule has 20 heavy (non-hydrogen) atoms. The monoisotopic (exact) mass is 341 g/mol. The van der Waals surface area contributed by atoms with Crippen LogP contribution in [0.1, 0.15) is 39.2 Å². The van der Waals surface area contributed by atoms with Crippen LogP contribution in [0.4, 0.5) is 0 Å². The van der Waals surface area contributed by atoms with Gasteiger partial charge in [-0.1, -0.05) is 29.8 Å². The molecule has 1 aliphatic rings. The zero-order valence-corrected chi connectivity index (χ0v) is 14.1. The highest BCUT2D eigenvalue weighted by Gasteiger charge is 2.22. The summed E-state index contributed by atoms with van der Waals surface area (Å²) in [5, 5.41) is 3.43. The molecule has 1 N–H and O–H groups in total. The zero-order chi connectivity index (χ0) is 14.5. The van der Waals surface area contributed by atoms with Gasteiger partial charge in [-0.2, -0.15) is 0 Å². The molecule has 0 amide bonds. The van der Waals surface area contributed by atoms with Crippen LogP contribution >= 0.6 is 15.9 Å². The molecule has 2 atom stereocenters. The first-order valence-corrected chi connectivity index (χ1v) is 8.14. The standard InChI is InChI=1S/C16H24BrNO2/c1-11(2)18-9-13-8-14(17)5-7-16(13)19-10-15-6-4-12(3)20-15/h5,7-8,11-12,15,18H,4,6,9-10H2,1-3H3. The Labute approximate surface area is 130 Å². The van der Waals surface area contributed by atoms with Crippen LogP contribution in [0.2, 0.25) is 0 Å². The summed E-state index contributed by atoms with van der Waals surface area (Å²) in [7, 11) is 0. The highest BCUT2D eigenvalue weighted by Crippen LogP contribution is 2.25. The molecule has 0 aliphatic carbocycles. The molecule has 0 spiro atoms. The van der Waals surface area contributed by atoms with E-state index >= 15 is 0 Å². The van der Waals surface area contributed by atoms with Crippen molar-refractivity contribution in [3.8, 4) is 5.75 Å². The number of halogens is 1. The molecular weight excluding hydrogens is 318 g/mol. The molecular formula is C16H24BrNO2. The molecule has 2 unspecified atom stereocenters. The lowest BCUT2D eigenvalue weighted by molar-refractivity contribution is 0.0262. The fraction of sp³-hybridized carbons (Fsp3) is 0.625. The SMILES string of the molecule is CC(C)NCc1cc(Br)ccc1OCC1CCC(C)O1. The van der Waals surface area contributed by atoms with Gasteiger partial charge in [0.1, 0.15) is 12.4 Å². The predicted molar refractivity (Wildman–Crippen MR) is 85.2 cm³/mol. The molecule has 0 saturated carbocycles. The van der Waals surface area contributed by atoms with Gasteiger partial charge in [0.25, 0.3) is 0 Å². The quantitative estimate of drug-likeness (QED) is 0.851. The van der Waals surface area contributed by atoms with Gasteiger partial charge in [0.2, 0.25) is 0 Å². The van der Waals surface area contributed by atoms with Crippen molar-refractivity contribution in [3.63, 3.8) is 0 Å². The maximum atomic E-state index is 5.97. The molecule has 1 heterocycles. The number of ether oxygens (including phenoxy) is 2. The van der Waals surface area contributed by atoms with Gasteiger partial charge in [-0.25, -0.2) is 0 Å². The van der Waals surface area contributed by atoms with Gasteiger partial charge >= 0.3 is 0 Å². The van der Waals surface area contributed by atoms with E-state index in [4.69, 9.17) is 9.47 Å². The molecule has 3 nitrogen and oxygen atoms in total. The minimum atomic E-state index is 0.236. The number of benzene rings is 1. The van der Waals surface area contributed by atoms with Crippen molar-refractivity contribution in [1.29, 1.82) is 0 Å². The molecule has 1 aromatic rings. The second-order valence-electron chi connectivity index (χ2n) is 5.74. The van der Waals surface area contributed by atoms with E-state index in [2.05, 4.69) is 48.1 Å². The van der Waals surface area contributed by atoms with Crippen LogP contribution < -0.4 is 10.1 Å². The topological polar surface area (TPSA) is 30.5 Å². The van der Waals surface area contributed by atoms with E-state index in [-0.39, 0.29) is 6.10 Å². The first-order valence-electron chi connectivity index (χ1n) is 7.34. The van der Waals surface area contributed by atoms with E-state index in [0.29, 0.717) is 18.8 Å². The van der Waals surface area contributed by atoms with Gasteiger partial charge in [0.05, 0.1) is 12.2 Å². The number of nitrogens with one attached hydrogen (secondary N) is 1. The Kier molecular flexibility index (Phi) is 5.87. The zero-order valence-electron chi connectivity index (χ0n) is 12.5. The molecule has 2 rings (SSSR count). The molecule has 0 radical (unpaired) electrons. The molecule has 1 fully saturated rings. The van der Waals surface area contributed by atoms with Crippen molar-refractivity contribution in [3.05, 3.63) is 28.2 Å². The van der Waals surface area contributed by atoms with Crippen molar-refractivity contribution in [2.24, 2.45) is 0 Å². The van der Waals surface area contributed by atoms with Crippen molar-refractivity contribution in [1.82, 2.24) is 5.32 Å². The summed E-state index contributed by atoms with van der Waals surface area (Å²) in [5.74, 6) is 0.949. The van der Waals surface area contributed by atoms with E-state index in [1.807, 2.05) is 12.1 Å². The van der Waals surface area contributed by atoms with Gasteiger partial charge in [0, 0.05) is 22.6 Å². The highest BCUT2D eigenvalue weighted by molar-refractivity contribution is 9.10. The van der Waals surface area contributed by atoms with Crippen LogP contribution in [0, 0.1) is 0 Å². The van der Waals surface area contributed by atoms with Gasteiger partial charge in [-0.15, -0.1) is 0 Å². The van der Waals surface area contributed by atoms with E-state index < -0.39 is 0 Å². The predicted octanol–water partition coefficient (Wildman–Crippen LogP) is 3.89. The molecule has 1 aromatic carbocycles. The smallest absolute Gasteiger partial charge is 0.124 e. The molecule has 0 aromatic heterocycles. The minimum absolute atomic E-state index is 0.236. The molecule has 0 bridgehead atoms. The van der Waals surface area contributed by atoms with Crippen molar-refractivity contribution in [2.75, 3.05) is 6.61 Å². The van der Waals surface area contributed by atoms with E-state index in [1.54, 1.807) is 0 Å². The Morgan fingerprint density at radius 1 is 1.40 bits per heavy atom. The third-order valence-electron chi connectivity index (χ3n) is 3.47. The van der Waals surface area contributed by atoms with Crippen molar-refractivity contribution < 1.29 is 9.47 Å². The average molecular weight is 342 g/mol. The maximum absolute atomic E-state index is 5.97. The van der Waals surface area contributed by atoms with E-state index in [1.165, 1.54) is 5.56 Å². The second kappa shape index (κ2) is 7.43. The van der Waals surface area contributed by atoms with Crippen molar-refractivity contribution in [2.45, 2.75) is 58.4 Å². The lowest BCUT2D eigenvalue weighted by Crippen LogP contribution is -2.23. The van der Waals surface area contributed by atoms with Gasteiger partial charge in [0.15, 0.2) is 0 Å². The summed E-state index contributed by atoms with van der Waals surface area (Å²) in [6, 6.07) is 6.62. The summed E-state index contributed by atoms with van der Waals surface area (Å²) in [4.78, 5) is 0. The fourth-order valence-corrected chi connectivity index (χ4v) is 2.74. The summed E-state index contributed by atoms with van der Waals surface area (Å²) in [6.07, 6.45) is 2.84. The Bertz CT molecular complexity index is 436. The Morgan fingerprint density at radius 2 is 2.20 bits per heavy atom. The van der Waals surface area contributed by atoms with Gasteiger partial charge < -0.3 is 14.8 Å². The molecule has 1 aliphatic heterocycles. The van der Waals surface area contributed by atoms with Crippen LogP contribution in [0.15, 0.2) is 22.7 Å². The highest BCUT2D eigenvalue weighted by atomic mass is 79.9. The minimum Gasteiger partial charge on any atom is -0.491 e. The second-order valence-corrected chi connectivity index (χ2v) is 6.66. The third kappa shape index (κ3) is 4.76. The summed E-state index contributed by atoms with van der Waals surface area (Å²) >= 11 is 3.52. The van der Waals surface area contributed by atoms with Crippen LogP contribution in [0.5, 0.6) is 5.75 Å². The molecule has 1 saturated heterocycles. The van der Waals surface area contributed by atoms with Crippen LogP contribution in [-0.2, 0) is 11.3 Å². The Hall–Kier alpha value is -0.580. The summed E-state index contributed by atoms with van der Waals surface area (Å²) in [5.41, 5.74) is 1.18. The third-order valence-corrected chi connectivity index (χ3v) is 3.96. The van der Waals surface area contributed by atoms with Gasteiger partial charge in [-0.05, 0) is 38.0 Å². The fourth-order valence-electron chi connectivity index (χ4n) is 2.33. The molecule has 4 heteroatoms. The number of hydrogen-bond donors (Lipinski definition) is 1. The average Bonchev–Trinajstić information content (AvgIpc) is 2.81. The lowest BCUT2D eigenvalue weighted by Gasteiger charge is -2.17. The van der Waals surface area contributed by atoms with Crippen LogP contribution in [0.25, 0.3) is 0 Å². The largest absolute Gasteiger partial charge is 0.491 e. The summed E-state index contributed by atoms with van der Waals surface area (Å²) in [6.45, 7) is 7.87. The number of rotatable bonds is 6. The number of hydrogen-bond acceptors (Lipinski definition) is 3. The first kappa shape index (κ1) is 15.8. The maximum Gasteiger partial charge on any atom is 0.124 e. The van der Waals surface area contributed by atoms with E-state index in [0.717, 1.165) is 29.6 Å². The van der Waals surface area contributed by atoms with E-state index in [9.17, 15) is 0 Å². The Morgan fingerprint density at radius 3 is 2.85 bits per heavy atom. The normalized spacial score (nSPS) is 22.4. The molecule has 112 valence electrons. The first-order chi connectivity index (χ1) is 9.54. The van der Waals surface area contributed by atoms with Gasteiger partial charge in [-0.3, -0.25) is 0 Å². The van der Waals surface area contributed by atoms with Crippen molar-refractivity contribution >= 4 is 15.9 Å². The van der Waals surface area contributed by atoms with Crippen LogP contribution in [-0.4, -0.2) is 24.9 Å².